The molecule has 0 bridgehead atoms. The molecule has 0 aromatic rings. The van der Waals surface area contributed by atoms with Crippen molar-refractivity contribution in [3.8, 4) is 0 Å². The van der Waals surface area contributed by atoms with Crippen molar-refractivity contribution in [3.05, 3.63) is 0 Å². The van der Waals surface area contributed by atoms with Gasteiger partial charge in [0.25, 0.3) is 0 Å². The minimum absolute atomic E-state index is 0.0346. The van der Waals surface area contributed by atoms with Gasteiger partial charge in [0.15, 0.2) is 0 Å². The van der Waals surface area contributed by atoms with Crippen molar-refractivity contribution in [1.29, 1.82) is 0 Å². The van der Waals surface area contributed by atoms with E-state index in [0.29, 0.717) is 12.8 Å². The molecule has 0 saturated heterocycles. The Morgan fingerprint density at radius 3 is 2.20 bits per heavy atom. The van der Waals surface area contributed by atoms with Crippen LogP contribution in [0.3, 0.4) is 0 Å². The summed E-state index contributed by atoms with van der Waals surface area (Å²) in [5, 5.41) is 14.4. The Bertz CT molecular complexity index is 394. The maximum Gasteiger partial charge on any atom is 0.305 e. The molecule has 6 nitrogen and oxygen atoms in total. The topological polar surface area (TPSA) is 95.5 Å². The SMILES string of the molecule is CC(C)(C)C(=O)NCCC(=O)NC1(CC(=O)O)CCC1. The molecule has 1 aliphatic rings. The third kappa shape index (κ3) is 4.83. The molecule has 0 atom stereocenters. The summed E-state index contributed by atoms with van der Waals surface area (Å²) >= 11 is 0. The zero-order valence-corrected chi connectivity index (χ0v) is 12.4. The molecule has 1 fully saturated rings. The molecule has 0 unspecified atom stereocenters. The van der Waals surface area contributed by atoms with E-state index in [9.17, 15) is 14.4 Å². The molecule has 1 saturated carbocycles. The first kappa shape index (κ1) is 16.5. The molecule has 3 N–H and O–H groups in total. The molecule has 20 heavy (non-hydrogen) atoms. The van der Waals surface area contributed by atoms with Crippen molar-refractivity contribution in [2.24, 2.45) is 5.41 Å². The quantitative estimate of drug-likeness (QED) is 0.679. The van der Waals surface area contributed by atoms with Gasteiger partial charge < -0.3 is 15.7 Å². The molecule has 6 heteroatoms. The number of carboxylic acids is 1. The van der Waals surface area contributed by atoms with Crippen molar-refractivity contribution in [2.75, 3.05) is 6.54 Å². The number of hydrogen-bond acceptors (Lipinski definition) is 3. The van der Waals surface area contributed by atoms with E-state index in [1.165, 1.54) is 0 Å². The van der Waals surface area contributed by atoms with Crippen molar-refractivity contribution < 1.29 is 19.5 Å². The summed E-state index contributed by atoms with van der Waals surface area (Å²) in [6, 6.07) is 0. The average Bonchev–Trinajstić information content (AvgIpc) is 2.23. The fraction of sp³-hybridized carbons (Fsp3) is 0.786. The van der Waals surface area contributed by atoms with E-state index in [1.54, 1.807) is 20.8 Å². The summed E-state index contributed by atoms with van der Waals surface area (Å²) in [6.07, 6.45) is 2.49. The Labute approximate surface area is 119 Å². The molecular weight excluding hydrogens is 260 g/mol. The minimum Gasteiger partial charge on any atom is -0.481 e. The monoisotopic (exact) mass is 284 g/mol. The Morgan fingerprint density at radius 1 is 1.20 bits per heavy atom. The Balaban J connectivity index is 2.33. The molecule has 0 heterocycles. The highest BCUT2D eigenvalue weighted by molar-refractivity contribution is 5.83. The lowest BCUT2D eigenvalue weighted by Gasteiger charge is -2.41. The van der Waals surface area contributed by atoms with Crippen LogP contribution in [0.15, 0.2) is 0 Å². The van der Waals surface area contributed by atoms with Crippen LogP contribution in [0.5, 0.6) is 0 Å². The summed E-state index contributed by atoms with van der Waals surface area (Å²) in [7, 11) is 0. The van der Waals surface area contributed by atoms with Crippen LogP contribution < -0.4 is 10.6 Å². The van der Waals surface area contributed by atoms with Gasteiger partial charge in [0.2, 0.25) is 11.8 Å². The standard InChI is InChI=1S/C14H24N2O4/c1-13(2,3)12(20)15-8-5-10(17)16-14(6-4-7-14)9-11(18)19/h4-9H2,1-3H3,(H,15,20)(H,16,17)(H,18,19). The van der Waals surface area contributed by atoms with Crippen LogP contribution in [0.4, 0.5) is 0 Å². The minimum atomic E-state index is -0.897. The van der Waals surface area contributed by atoms with Crippen LogP contribution in [0.25, 0.3) is 0 Å². The Kier molecular flexibility index (Phi) is 5.14. The van der Waals surface area contributed by atoms with Crippen molar-refractivity contribution in [3.63, 3.8) is 0 Å². The van der Waals surface area contributed by atoms with Crippen molar-refractivity contribution in [1.82, 2.24) is 10.6 Å². The lowest BCUT2D eigenvalue weighted by molar-refractivity contribution is -0.140. The van der Waals surface area contributed by atoms with Gasteiger partial charge in [-0.3, -0.25) is 14.4 Å². The van der Waals surface area contributed by atoms with Gasteiger partial charge in [0.1, 0.15) is 0 Å². The first-order valence-corrected chi connectivity index (χ1v) is 6.96. The molecule has 0 spiro atoms. The molecule has 114 valence electrons. The summed E-state index contributed by atoms with van der Waals surface area (Å²) in [6.45, 7) is 5.68. The molecule has 1 aliphatic carbocycles. The smallest absolute Gasteiger partial charge is 0.305 e. The van der Waals surface area contributed by atoms with E-state index in [0.717, 1.165) is 6.42 Å². The molecule has 0 aliphatic heterocycles. The predicted octanol–water partition coefficient (Wildman–Crippen LogP) is 1.05. The molecule has 0 aromatic carbocycles. The summed E-state index contributed by atoms with van der Waals surface area (Å²) in [4.78, 5) is 34.2. The number of amides is 2. The number of carbonyl (C=O) groups is 3. The van der Waals surface area contributed by atoms with Gasteiger partial charge in [-0.15, -0.1) is 0 Å². The second kappa shape index (κ2) is 6.24. The maximum absolute atomic E-state index is 11.8. The summed E-state index contributed by atoms with van der Waals surface area (Å²) in [5.41, 5.74) is -1.05. The van der Waals surface area contributed by atoms with Crippen molar-refractivity contribution >= 4 is 17.8 Å². The summed E-state index contributed by atoms with van der Waals surface area (Å²) < 4.78 is 0. The van der Waals surface area contributed by atoms with Gasteiger partial charge in [0.05, 0.1) is 12.0 Å². The highest BCUT2D eigenvalue weighted by Gasteiger charge is 2.40. The van der Waals surface area contributed by atoms with Crippen LogP contribution in [0, 0.1) is 5.41 Å². The molecule has 0 aromatic heterocycles. The maximum atomic E-state index is 11.8. The largest absolute Gasteiger partial charge is 0.481 e. The number of carboxylic acid groups (broad SMARTS) is 1. The lowest BCUT2D eigenvalue weighted by Crippen LogP contribution is -2.55. The Morgan fingerprint density at radius 2 is 1.80 bits per heavy atom. The highest BCUT2D eigenvalue weighted by Crippen LogP contribution is 2.34. The van der Waals surface area contributed by atoms with Gasteiger partial charge in [-0.25, -0.2) is 0 Å². The van der Waals surface area contributed by atoms with Crippen LogP contribution in [-0.2, 0) is 14.4 Å². The van der Waals surface area contributed by atoms with E-state index in [-0.39, 0.29) is 31.2 Å². The fourth-order valence-electron chi connectivity index (χ4n) is 2.15. The van der Waals surface area contributed by atoms with Gasteiger partial charge in [-0.2, -0.15) is 0 Å². The second-order valence-electron chi connectivity index (χ2n) is 6.51. The fourth-order valence-corrected chi connectivity index (χ4v) is 2.15. The lowest BCUT2D eigenvalue weighted by atomic mass is 9.74. The van der Waals surface area contributed by atoms with E-state index in [4.69, 9.17) is 5.11 Å². The third-order valence-electron chi connectivity index (χ3n) is 3.52. The molecular formula is C14H24N2O4. The van der Waals surface area contributed by atoms with Gasteiger partial charge in [-0.1, -0.05) is 20.8 Å². The van der Waals surface area contributed by atoms with Crippen LogP contribution >= 0.6 is 0 Å². The van der Waals surface area contributed by atoms with E-state index in [2.05, 4.69) is 10.6 Å². The van der Waals surface area contributed by atoms with E-state index < -0.39 is 16.9 Å². The van der Waals surface area contributed by atoms with Crippen LogP contribution in [0.1, 0.15) is 52.9 Å². The number of rotatable bonds is 6. The first-order valence-electron chi connectivity index (χ1n) is 6.96. The first-order chi connectivity index (χ1) is 9.15. The number of carbonyl (C=O) groups excluding carboxylic acids is 2. The normalized spacial score (nSPS) is 16.9. The van der Waals surface area contributed by atoms with Gasteiger partial charge in [0, 0.05) is 18.4 Å². The second-order valence-corrected chi connectivity index (χ2v) is 6.51. The predicted molar refractivity (Wildman–Crippen MR) is 74.1 cm³/mol. The van der Waals surface area contributed by atoms with Gasteiger partial charge in [-0.05, 0) is 19.3 Å². The average molecular weight is 284 g/mol. The number of hydrogen-bond donors (Lipinski definition) is 3. The Hall–Kier alpha value is -1.59. The zero-order valence-electron chi connectivity index (χ0n) is 12.4. The van der Waals surface area contributed by atoms with Crippen LogP contribution in [-0.4, -0.2) is 35.0 Å². The van der Waals surface area contributed by atoms with Crippen LogP contribution in [0.2, 0.25) is 0 Å². The van der Waals surface area contributed by atoms with E-state index >= 15 is 0 Å². The highest BCUT2D eigenvalue weighted by atomic mass is 16.4. The van der Waals surface area contributed by atoms with E-state index in [1.807, 2.05) is 0 Å². The number of aliphatic carboxylic acids is 1. The van der Waals surface area contributed by atoms with Gasteiger partial charge >= 0.3 is 5.97 Å². The van der Waals surface area contributed by atoms with Crippen molar-refractivity contribution in [2.45, 2.75) is 58.4 Å². The third-order valence-corrected chi connectivity index (χ3v) is 3.52. The summed E-state index contributed by atoms with van der Waals surface area (Å²) in [5.74, 6) is -1.21. The molecule has 1 rings (SSSR count). The number of nitrogens with one attached hydrogen (secondary N) is 2. The molecule has 2 amide bonds. The zero-order chi connectivity index (χ0) is 15.4. The molecule has 0 radical (unpaired) electrons.